The van der Waals surface area contributed by atoms with Gasteiger partial charge < -0.3 is 15.4 Å². The van der Waals surface area contributed by atoms with Crippen LogP contribution in [0.1, 0.15) is 12.8 Å². The molecule has 1 fully saturated rings. The largest absolute Gasteiger partial charge is 0.490 e. The zero-order chi connectivity index (χ0) is 12.4. The molecule has 1 aromatic heterocycles. The molecule has 1 aliphatic rings. The standard InChI is InChI=1S/C10H14Cl2N4O/c1-17-7-8(11)14-10(12)15-9(7)16-4-2-3-6(16)5-13/h6H,2-5,13H2,1H3/t6-/m0/s1. The van der Waals surface area contributed by atoms with Crippen LogP contribution >= 0.6 is 23.2 Å². The highest BCUT2D eigenvalue weighted by Gasteiger charge is 2.28. The molecule has 5 nitrogen and oxygen atoms in total. The summed E-state index contributed by atoms with van der Waals surface area (Å²) in [7, 11) is 1.54. The maximum absolute atomic E-state index is 5.99. The molecule has 0 saturated carbocycles. The second-order valence-corrected chi connectivity index (χ2v) is 4.56. The van der Waals surface area contributed by atoms with Crippen molar-refractivity contribution in [2.75, 3.05) is 25.1 Å². The van der Waals surface area contributed by atoms with Crippen LogP contribution in [0.2, 0.25) is 10.4 Å². The molecule has 7 heteroatoms. The number of hydrogen-bond donors (Lipinski definition) is 1. The van der Waals surface area contributed by atoms with E-state index in [1.165, 1.54) is 7.11 Å². The summed E-state index contributed by atoms with van der Waals surface area (Å²) in [6, 6.07) is 0.255. The summed E-state index contributed by atoms with van der Waals surface area (Å²) in [4.78, 5) is 10.1. The summed E-state index contributed by atoms with van der Waals surface area (Å²) in [5.74, 6) is 1.09. The Morgan fingerprint density at radius 2 is 2.24 bits per heavy atom. The third-order valence-corrected chi connectivity index (χ3v) is 3.33. The monoisotopic (exact) mass is 276 g/mol. The van der Waals surface area contributed by atoms with Crippen molar-refractivity contribution >= 4 is 29.0 Å². The minimum absolute atomic E-state index is 0.119. The Labute approximate surface area is 110 Å². The summed E-state index contributed by atoms with van der Waals surface area (Å²) >= 11 is 11.8. The average Bonchev–Trinajstić information content (AvgIpc) is 2.75. The van der Waals surface area contributed by atoms with Crippen LogP contribution in [0.3, 0.4) is 0 Å². The molecule has 2 heterocycles. The fourth-order valence-electron chi connectivity index (χ4n) is 2.12. The normalized spacial score (nSPS) is 19.8. The lowest BCUT2D eigenvalue weighted by Gasteiger charge is -2.26. The van der Waals surface area contributed by atoms with Gasteiger partial charge in [-0.05, 0) is 24.4 Å². The molecule has 0 radical (unpaired) electrons. The number of nitrogens with zero attached hydrogens (tertiary/aromatic N) is 3. The maximum atomic E-state index is 5.99. The summed E-state index contributed by atoms with van der Waals surface area (Å²) < 4.78 is 5.24. The number of aromatic nitrogens is 2. The fourth-order valence-corrected chi connectivity index (χ4v) is 2.57. The molecule has 0 aromatic carbocycles. The predicted molar refractivity (Wildman–Crippen MR) is 68.0 cm³/mol. The van der Waals surface area contributed by atoms with Gasteiger partial charge in [0.05, 0.1) is 7.11 Å². The van der Waals surface area contributed by atoms with E-state index in [-0.39, 0.29) is 16.5 Å². The number of anilines is 1. The Kier molecular flexibility index (Phi) is 3.91. The average molecular weight is 277 g/mol. The first-order valence-corrected chi connectivity index (χ1v) is 6.16. The van der Waals surface area contributed by atoms with Crippen molar-refractivity contribution in [1.82, 2.24) is 9.97 Å². The molecule has 2 rings (SSSR count). The van der Waals surface area contributed by atoms with Crippen molar-refractivity contribution in [2.45, 2.75) is 18.9 Å². The molecule has 1 aliphatic heterocycles. The van der Waals surface area contributed by atoms with Crippen LogP contribution in [0, 0.1) is 0 Å². The molecule has 0 unspecified atom stereocenters. The molecule has 1 saturated heterocycles. The minimum Gasteiger partial charge on any atom is -0.490 e. The van der Waals surface area contributed by atoms with Gasteiger partial charge in [0.15, 0.2) is 16.7 Å². The molecule has 1 atom stereocenters. The van der Waals surface area contributed by atoms with Crippen LogP contribution in [0.4, 0.5) is 5.82 Å². The summed E-state index contributed by atoms with van der Waals surface area (Å²) in [5, 5.41) is 0.346. The van der Waals surface area contributed by atoms with E-state index in [0.29, 0.717) is 18.1 Å². The number of nitrogens with two attached hydrogens (primary N) is 1. The first-order valence-electron chi connectivity index (χ1n) is 5.41. The lowest BCUT2D eigenvalue weighted by atomic mass is 10.2. The van der Waals surface area contributed by atoms with Gasteiger partial charge in [-0.3, -0.25) is 0 Å². The number of halogens is 2. The van der Waals surface area contributed by atoms with E-state index in [4.69, 9.17) is 33.7 Å². The molecule has 2 N–H and O–H groups in total. The second kappa shape index (κ2) is 5.25. The van der Waals surface area contributed by atoms with E-state index in [9.17, 15) is 0 Å². The van der Waals surface area contributed by atoms with Gasteiger partial charge in [-0.15, -0.1) is 0 Å². The number of hydrogen-bond acceptors (Lipinski definition) is 5. The van der Waals surface area contributed by atoms with Crippen LogP contribution in [0.25, 0.3) is 0 Å². The molecule has 0 aliphatic carbocycles. The molecule has 0 bridgehead atoms. The fraction of sp³-hybridized carbons (Fsp3) is 0.600. The third kappa shape index (κ3) is 2.41. The zero-order valence-electron chi connectivity index (χ0n) is 9.49. The van der Waals surface area contributed by atoms with Gasteiger partial charge in [0.2, 0.25) is 5.28 Å². The Morgan fingerprint density at radius 1 is 1.47 bits per heavy atom. The highest BCUT2D eigenvalue weighted by molar-refractivity contribution is 6.33. The van der Waals surface area contributed by atoms with Crippen molar-refractivity contribution in [2.24, 2.45) is 5.73 Å². The molecular weight excluding hydrogens is 263 g/mol. The van der Waals surface area contributed by atoms with E-state index in [1.54, 1.807) is 0 Å². The van der Waals surface area contributed by atoms with Gasteiger partial charge in [0.1, 0.15) is 0 Å². The van der Waals surface area contributed by atoms with Crippen molar-refractivity contribution in [3.8, 4) is 5.75 Å². The second-order valence-electron chi connectivity index (χ2n) is 3.87. The van der Waals surface area contributed by atoms with Gasteiger partial charge >= 0.3 is 0 Å². The van der Waals surface area contributed by atoms with E-state index in [0.717, 1.165) is 19.4 Å². The molecule has 0 amide bonds. The highest BCUT2D eigenvalue weighted by atomic mass is 35.5. The number of rotatable bonds is 3. The van der Waals surface area contributed by atoms with Gasteiger partial charge in [0.25, 0.3) is 0 Å². The Morgan fingerprint density at radius 3 is 2.88 bits per heavy atom. The molecule has 0 spiro atoms. The molecule has 17 heavy (non-hydrogen) atoms. The molecule has 94 valence electrons. The first kappa shape index (κ1) is 12.7. The Balaban J connectivity index is 2.42. The smallest absolute Gasteiger partial charge is 0.226 e. The maximum Gasteiger partial charge on any atom is 0.226 e. The minimum atomic E-state index is 0.119. The van der Waals surface area contributed by atoms with Crippen LogP contribution < -0.4 is 15.4 Å². The van der Waals surface area contributed by atoms with Gasteiger partial charge in [0, 0.05) is 19.1 Å². The van der Waals surface area contributed by atoms with Crippen LogP contribution in [0.15, 0.2) is 0 Å². The SMILES string of the molecule is COc1c(Cl)nc(Cl)nc1N1CCC[C@H]1CN. The lowest BCUT2D eigenvalue weighted by molar-refractivity contribution is 0.410. The van der Waals surface area contributed by atoms with Crippen molar-refractivity contribution in [1.29, 1.82) is 0 Å². The van der Waals surface area contributed by atoms with E-state index >= 15 is 0 Å². The molecular formula is C10H14Cl2N4O. The number of methoxy groups -OCH3 is 1. The van der Waals surface area contributed by atoms with Gasteiger partial charge in [-0.2, -0.15) is 4.98 Å². The van der Waals surface area contributed by atoms with Crippen LogP contribution in [-0.4, -0.2) is 36.2 Å². The first-order chi connectivity index (χ1) is 8.17. The van der Waals surface area contributed by atoms with E-state index in [1.807, 2.05) is 0 Å². The molecule has 1 aromatic rings. The van der Waals surface area contributed by atoms with Crippen molar-refractivity contribution < 1.29 is 4.74 Å². The van der Waals surface area contributed by atoms with Gasteiger partial charge in [-0.25, -0.2) is 4.98 Å². The van der Waals surface area contributed by atoms with Crippen molar-refractivity contribution in [3.05, 3.63) is 10.4 Å². The van der Waals surface area contributed by atoms with Crippen molar-refractivity contribution in [3.63, 3.8) is 0 Å². The van der Waals surface area contributed by atoms with E-state index < -0.39 is 0 Å². The van der Waals surface area contributed by atoms with Crippen LogP contribution in [0.5, 0.6) is 5.75 Å². The number of ether oxygens (including phenoxy) is 1. The summed E-state index contributed by atoms with van der Waals surface area (Å²) in [6.45, 7) is 1.45. The zero-order valence-corrected chi connectivity index (χ0v) is 11.0. The topological polar surface area (TPSA) is 64.3 Å². The summed E-state index contributed by atoms with van der Waals surface area (Å²) in [5.41, 5.74) is 5.74. The Bertz CT molecular complexity index is 416. The lowest BCUT2D eigenvalue weighted by Crippen LogP contribution is -2.36. The summed E-state index contributed by atoms with van der Waals surface area (Å²) in [6.07, 6.45) is 2.11. The quantitative estimate of drug-likeness (QED) is 0.673. The highest BCUT2D eigenvalue weighted by Crippen LogP contribution is 2.36. The van der Waals surface area contributed by atoms with Crippen LogP contribution in [-0.2, 0) is 0 Å². The predicted octanol–water partition coefficient (Wildman–Crippen LogP) is 1.72. The Hall–Kier alpha value is -0.780. The van der Waals surface area contributed by atoms with Gasteiger partial charge in [-0.1, -0.05) is 11.6 Å². The van der Waals surface area contributed by atoms with E-state index in [2.05, 4.69) is 14.9 Å². The third-order valence-electron chi connectivity index (χ3n) is 2.90.